The van der Waals surface area contributed by atoms with Gasteiger partial charge in [0.25, 0.3) is 0 Å². The maximum Gasteiger partial charge on any atom is 0.416 e. The maximum absolute atomic E-state index is 13.4. The maximum atomic E-state index is 13.4. The van der Waals surface area contributed by atoms with E-state index in [1.54, 1.807) is 0 Å². The van der Waals surface area contributed by atoms with Gasteiger partial charge in [-0.2, -0.15) is 13.2 Å². The lowest BCUT2D eigenvalue weighted by Gasteiger charge is -2.39. The summed E-state index contributed by atoms with van der Waals surface area (Å²) in [5.74, 6) is 0.0116. The molecule has 3 atom stereocenters. The van der Waals surface area contributed by atoms with Gasteiger partial charge in [-0.1, -0.05) is 37.6 Å². The molecule has 2 heterocycles. The zero-order valence-electron chi connectivity index (χ0n) is 20.6. The SMILES string of the molecule is CC(C)C[C@H](N)c1cc(C(F)(F)F)ccc1N1CCN(C(=O)C2COCC2c2ccc(Cl)cc2)CC1. The molecular formula is C27H33ClF3N3O2. The second-order valence-corrected chi connectivity index (χ2v) is 10.6. The molecule has 4 rings (SSSR count). The van der Waals surface area contributed by atoms with E-state index in [1.807, 2.05) is 47.9 Å². The number of piperazine rings is 1. The van der Waals surface area contributed by atoms with Crippen LogP contribution in [0.25, 0.3) is 0 Å². The molecule has 2 aliphatic rings. The second-order valence-electron chi connectivity index (χ2n) is 10.1. The van der Waals surface area contributed by atoms with Crippen molar-refractivity contribution in [2.24, 2.45) is 17.6 Å². The number of ether oxygens (including phenoxy) is 1. The number of hydrogen-bond acceptors (Lipinski definition) is 4. The summed E-state index contributed by atoms with van der Waals surface area (Å²) in [6.07, 6.45) is -3.85. The van der Waals surface area contributed by atoms with E-state index >= 15 is 0 Å². The van der Waals surface area contributed by atoms with E-state index in [0.29, 0.717) is 62.1 Å². The third-order valence-corrected chi connectivity index (χ3v) is 7.36. The van der Waals surface area contributed by atoms with Gasteiger partial charge in [-0.25, -0.2) is 0 Å². The molecule has 2 aliphatic heterocycles. The molecule has 0 aliphatic carbocycles. The second kappa shape index (κ2) is 11.0. The molecule has 0 saturated carbocycles. The quantitative estimate of drug-likeness (QED) is 0.544. The van der Waals surface area contributed by atoms with Crippen LogP contribution in [-0.4, -0.2) is 50.2 Å². The van der Waals surface area contributed by atoms with Crippen molar-refractivity contribution >= 4 is 23.2 Å². The minimum Gasteiger partial charge on any atom is -0.380 e. The number of anilines is 1. The number of carbonyl (C=O) groups excluding carboxylic acids is 1. The van der Waals surface area contributed by atoms with Crippen LogP contribution in [0.3, 0.4) is 0 Å². The third kappa shape index (κ3) is 5.98. The molecule has 2 unspecified atom stereocenters. The first-order valence-electron chi connectivity index (χ1n) is 12.4. The summed E-state index contributed by atoms with van der Waals surface area (Å²) in [4.78, 5) is 17.3. The molecule has 2 fully saturated rings. The van der Waals surface area contributed by atoms with Gasteiger partial charge in [0.15, 0.2) is 0 Å². The standard InChI is InChI=1S/C27H33ClF3N3O2/c1-17(2)13-24(32)21-14-19(27(29,30)31)5-8-25(21)33-9-11-34(12-10-33)26(35)23-16-36-15-22(23)18-3-6-20(28)7-4-18/h3-8,14,17,22-24H,9-13,15-16,32H2,1-2H3/t22?,23?,24-/m0/s1. The summed E-state index contributed by atoms with van der Waals surface area (Å²) in [5.41, 5.74) is 7.93. The van der Waals surface area contributed by atoms with E-state index in [9.17, 15) is 18.0 Å². The van der Waals surface area contributed by atoms with Gasteiger partial charge in [-0.3, -0.25) is 4.79 Å². The van der Waals surface area contributed by atoms with Gasteiger partial charge in [-0.15, -0.1) is 0 Å². The van der Waals surface area contributed by atoms with Crippen LogP contribution >= 0.6 is 11.6 Å². The van der Waals surface area contributed by atoms with Crippen LogP contribution in [0.1, 0.15) is 48.9 Å². The van der Waals surface area contributed by atoms with Crippen LogP contribution in [0.2, 0.25) is 5.02 Å². The molecule has 36 heavy (non-hydrogen) atoms. The first-order valence-corrected chi connectivity index (χ1v) is 12.8. The van der Waals surface area contributed by atoms with Gasteiger partial charge in [-0.05, 0) is 53.8 Å². The van der Waals surface area contributed by atoms with Gasteiger partial charge >= 0.3 is 6.18 Å². The zero-order chi connectivity index (χ0) is 26.0. The van der Waals surface area contributed by atoms with Gasteiger partial charge in [0.1, 0.15) is 0 Å². The van der Waals surface area contributed by atoms with Gasteiger partial charge in [0.2, 0.25) is 5.91 Å². The van der Waals surface area contributed by atoms with Crippen molar-refractivity contribution in [1.29, 1.82) is 0 Å². The lowest BCUT2D eigenvalue weighted by atomic mass is 9.88. The number of halogens is 4. The summed E-state index contributed by atoms with van der Waals surface area (Å²) in [7, 11) is 0. The molecule has 1 amide bonds. The van der Waals surface area contributed by atoms with Crippen molar-refractivity contribution in [2.45, 2.75) is 38.4 Å². The fourth-order valence-electron chi connectivity index (χ4n) is 5.19. The van der Waals surface area contributed by atoms with E-state index in [4.69, 9.17) is 22.1 Å². The molecule has 5 nitrogen and oxygen atoms in total. The minimum atomic E-state index is -4.43. The Balaban J connectivity index is 1.47. The third-order valence-electron chi connectivity index (χ3n) is 7.11. The lowest BCUT2D eigenvalue weighted by molar-refractivity contribution is -0.138. The number of nitrogens with zero attached hydrogens (tertiary/aromatic N) is 2. The number of nitrogens with two attached hydrogens (primary N) is 1. The molecule has 0 aromatic heterocycles. The summed E-state index contributed by atoms with van der Waals surface area (Å²) in [6.45, 7) is 6.89. The first-order chi connectivity index (χ1) is 17.0. The molecule has 0 spiro atoms. The van der Waals surface area contributed by atoms with E-state index in [0.717, 1.165) is 11.6 Å². The highest BCUT2D eigenvalue weighted by atomic mass is 35.5. The van der Waals surface area contributed by atoms with Crippen LogP contribution in [0.15, 0.2) is 42.5 Å². The van der Waals surface area contributed by atoms with Crippen molar-refractivity contribution in [3.63, 3.8) is 0 Å². The average molecular weight is 524 g/mol. The molecular weight excluding hydrogens is 491 g/mol. The monoisotopic (exact) mass is 523 g/mol. The first kappa shape index (κ1) is 26.8. The lowest BCUT2D eigenvalue weighted by Crippen LogP contribution is -2.51. The smallest absolute Gasteiger partial charge is 0.380 e. The molecule has 2 N–H and O–H groups in total. The Morgan fingerprint density at radius 2 is 1.75 bits per heavy atom. The van der Waals surface area contributed by atoms with E-state index < -0.39 is 17.8 Å². The number of alkyl halides is 3. The Labute approximate surface area is 215 Å². The number of hydrogen-bond donors (Lipinski definition) is 1. The van der Waals surface area contributed by atoms with Crippen LogP contribution in [-0.2, 0) is 15.7 Å². The molecule has 196 valence electrons. The molecule has 2 aromatic carbocycles. The number of carbonyl (C=O) groups is 1. The van der Waals surface area contributed by atoms with E-state index in [1.165, 1.54) is 12.1 Å². The van der Waals surface area contributed by atoms with Gasteiger partial charge in [0, 0.05) is 48.8 Å². The Morgan fingerprint density at radius 1 is 1.08 bits per heavy atom. The zero-order valence-corrected chi connectivity index (χ0v) is 21.4. The van der Waals surface area contributed by atoms with Crippen molar-refractivity contribution in [3.05, 3.63) is 64.2 Å². The van der Waals surface area contributed by atoms with Crippen LogP contribution in [0, 0.1) is 11.8 Å². The largest absolute Gasteiger partial charge is 0.416 e. The summed E-state index contributed by atoms with van der Waals surface area (Å²) in [5, 5.41) is 0.646. The number of benzene rings is 2. The topological polar surface area (TPSA) is 58.8 Å². The molecule has 0 radical (unpaired) electrons. The molecule has 2 aromatic rings. The molecule has 2 saturated heterocycles. The summed E-state index contributed by atoms with van der Waals surface area (Å²) < 4.78 is 45.9. The summed E-state index contributed by atoms with van der Waals surface area (Å²) >= 11 is 6.01. The van der Waals surface area contributed by atoms with Crippen molar-refractivity contribution in [1.82, 2.24) is 4.90 Å². The number of rotatable bonds is 6. The Hall–Kier alpha value is -2.29. The van der Waals surface area contributed by atoms with Crippen LogP contribution in [0.5, 0.6) is 0 Å². The molecule has 0 bridgehead atoms. The van der Waals surface area contributed by atoms with Crippen LogP contribution < -0.4 is 10.6 Å². The highest BCUT2D eigenvalue weighted by Crippen LogP contribution is 2.37. The van der Waals surface area contributed by atoms with Crippen molar-refractivity contribution in [2.75, 3.05) is 44.3 Å². The van der Waals surface area contributed by atoms with Crippen molar-refractivity contribution < 1.29 is 22.7 Å². The highest BCUT2D eigenvalue weighted by Gasteiger charge is 2.39. The normalized spacial score (nSPS) is 21.8. The minimum absolute atomic E-state index is 0.0247. The molecule has 9 heteroatoms. The van der Waals surface area contributed by atoms with E-state index in [-0.39, 0.29) is 23.7 Å². The highest BCUT2D eigenvalue weighted by molar-refractivity contribution is 6.30. The van der Waals surface area contributed by atoms with Crippen LogP contribution in [0.4, 0.5) is 18.9 Å². The Kier molecular flexibility index (Phi) is 8.17. The summed E-state index contributed by atoms with van der Waals surface area (Å²) in [6, 6.07) is 10.8. The fraction of sp³-hybridized carbons (Fsp3) is 0.519. The fourth-order valence-corrected chi connectivity index (χ4v) is 5.32. The van der Waals surface area contributed by atoms with Gasteiger partial charge in [0.05, 0.1) is 24.7 Å². The van der Waals surface area contributed by atoms with Crippen molar-refractivity contribution in [3.8, 4) is 0 Å². The van der Waals surface area contributed by atoms with E-state index in [2.05, 4.69) is 0 Å². The average Bonchev–Trinajstić information content (AvgIpc) is 3.33. The Bertz CT molecular complexity index is 1050. The van der Waals surface area contributed by atoms with Gasteiger partial charge < -0.3 is 20.3 Å². The predicted octanol–water partition coefficient (Wildman–Crippen LogP) is 5.48. The Morgan fingerprint density at radius 3 is 2.36 bits per heavy atom. The predicted molar refractivity (Wildman–Crippen MR) is 135 cm³/mol. The number of amides is 1.